The van der Waals surface area contributed by atoms with Gasteiger partial charge in [0, 0.05) is 36.5 Å². The zero-order valence-corrected chi connectivity index (χ0v) is 15.1. The van der Waals surface area contributed by atoms with Crippen molar-refractivity contribution >= 4 is 17.9 Å². The van der Waals surface area contributed by atoms with Gasteiger partial charge in [-0.15, -0.1) is 0 Å². The fraction of sp³-hybridized carbons (Fsp3) is 0.471. The number of hydrogen-bond acceptors (Lipinski definition) is 8. The van der Waals surface area contributed by atoms with Crippen LogP contribution in [-0.2, 0) is 0 Å². The SMILES string of the molecule is Cc1nc(C(=O)NC(C)c2ncco2)nc(NCCC2C=NNC2)c1C. The number of aromatic nitrogens is 3. The van der Waals surface area contributed by atoms with Crippen molar-refractivity contribution in [2.75, 3.05) is 18.4 Å². The van der Waals surface area contributed by atoms with E-state index in [9.17, 15) is 4.79 Å². The topological polar surface area (TPSA) is 117 Å². The average Bonchev–Trinajstić information content (AvgIpc) is 3.31. The molecule has 3 rings (SSSR count). The molecular weight excluding hydrogens is 334 g/mol. The van der Waals surface area contributed by atoms with E-state index in [0.717, 1.165) is 30.8 Å². The maximum absolute atomic E-state index is 12.5. The van der Waals surface area contributed by atoms with E-state index in [1.165, 1.54) is 12.5 Å². The lowest BCUT2D eigenvalue weighted by atomic mass is 10.1. The van der Waals surface area contributed by atoms with Gasteiger partial charge in [-0.05, 0) is 27.2 Å². The highest BCUT2D eigenvalue weighted by molar-refractivity contribution is 5.91. The molecule has 2 aromatic rings. The molecule has 0 bridgehead atoms. The molecule has 1 aliphatic heterocycles. The van der Waals surface area contributed by atoms with Gasteiger partial charge in [0.1, 0.15) is 18.1 Å². The molecule has 1 aliphatic rings. The van der Waals surface area contributed by atoms with Crippen LogP contribution in [-0.4, -0.2) is 40.2 Å². The Balaban J connectivity index is 1.66. The summed E-state index contributed by atoms with van der Waals surface area (Å²) in [5.41, 5.74) is 4.64. The monoisotopic (exact) mass is 357 g/mol. The number of nitrogens with one attached hydrogen (secondary N) is 3. The predicted octanol–water partition coefficient (Wildman–Crippen LogP) is 1.58. The quantitative estimate of drug-likeness (QED) is 0.688. The van der Waals surface area contributed by atoms with Crippen molar-refractivity contribution in [1.29, 1.82) is 0 Å². The molecule has 0 saturated carbocycles. The molecule has 0 aliphatic carbocycles. The molecule has 2 unspecified atom stereocenters. The molecule has 9 nitrogen and oxygen atoms in total. The van der Waals surface area contributed by atoms with Gasteiger partial charge in [0.25, 0.3) is 5.91 Å². The van der Waals surface area contributed by atoms with Crippen LogP contribution in [0.2, 0.25) is 0 Å². The summed E-state index contributed by atoms with van der Waals surface area (Å²) in [6, 6.07) is -0.367. The smallest absolute Gasteiger partial charge is 0.289 e. The number of aryl methyl sites for hydroxylation is 1. The van der Waals surface area contributed by atoms with Gasteiger partial charge in [0.05, 0.1) is 6.20 Å². The molecule has 138 valence electrons. The number of nitrogens with zero attached hydrogens (tertiary/aromatic N) is 4. The van der Waals surface area contributed by atoms with Crippen molar-refractivity contribution in [3.05, 3.63) is 35.4 Å². The third-order valence-electron chi connectivity index (χ3n) is 4.30. The molecular formula is C17H23N7O2. The average molecular weight is 357 g/mol. The largest absolute Gasteiger partial charge is 0.447 e. The molecule has 0 radical (unpaired) electrons. The lowest BCUT2D eigenvalue weighted by molar-refractivity contribution is 0.0923. The van der Waals surface area contributed by atoms with Gasteiger partial charge in [-0.3, -0.25) is 4.79 Å². The minimum atomic E-state index is -0.367. The first-order chi connectivity index (χ1) is 12.5. The Hall–Kier alpha value is -2.97. The minimum absolute atomic E-state index is 0.123. The lowest BCUT2D eigenvalue weighted by Crippen LogP contribution is -2.29. The van der Waals surface area contributed by atoms with E-state index in [4.69, 9.17) is 4.42 Å². The minimum Gasteiger partial charge on any atom is -0.447 e. The number of carbonyl (C=O) groups is 1. The van der Waals surface area contributed by atoms with E-state index in [1.807, 2.05) is 20.1 Å². The Morgan fingerprint density at radius 2 is 2.27 bits per heavy atom. The van der Waals surface area contributed by atoms with Crippen LogP contribution in [0.3, 0.4) is 0 Å². The second kappa shape index (κ2) is 7.94. The van der Waals surface area contributed by atoms with E-state index in [1.54, 1.807) is 6.92 Å². The van der Waals surface area contributed by atoms with E-state index in [0.29, 0.717) is 17.6 Å². The first-order valence-corrected chi connectivity index (χ1v) is 8.60. The second-order valence-electron chi connectivity index (χ2n) is 6.29. The summed E-state index contributed by atoms with van der Waals surface area (Å²) in [5.74, 6) is 1.28. The number of hydrogen-bond donors (Lipinski definition) is 3. The van der Waals surface area contributed by atoms with E-state index in [2.05, 4.69) is 36.1 Å². The van der Waals surface area contributed by atoms with Crippen LogP contribution in [0.4, 0.5) is 5.82 Å². The highest BCUT2D eigenvalue weighted by atomic mass is 16.3. The molecule has 0 fully saturated rings. The van der Waals surface area contributed by atoms with Crippen LogP contribution < -0.4 is 16.1 Å². The van der Waals surface area contributed by atoms with Crippen LogP contribution in [0.25, 0.3) is 0 Å². The molecule has 9 heteroatoms. The van der Waals surface area contributed by atoms with Gasteiger partial charge in [-0.2, -0.15) is 5.10 Å². The number of oxazole rings is 1. The molecule has 2 atom stereocenters. The molecule has 3 N–H and O–H groups in total. The Morgan fingerprint density at radius 1 is 1.42 bits per heavy atom. The van der Waals surface area contributed by atoms with Gasteiger partial charge < -0.3 is 20.5 Å². The number of rotatable bonds is 7. The van der Waals surface area contributed by atoms with Crippen LogP contribution in [0.15, 0.2) is 22.0 Å². The van der Waals surface area contributed by atoms with Crippen molar-refractivity contribution in [1.82, 2.24) is 25.7 Å². The fourth-order valence-electron chi connectivity index (χ4n) is 2.61. The maximum atomic E-state index is 12.5. The number of carbonyl (C=O) groups excluding carboxylic acids is 1. The van der Waals surface area contributed by atoms with Gasteiger partial charge in [-0.25, -0.2) is 15.0 Å². The second-order valence-corrected chi connectivity index (χ2v) is 6.29. The number of amides is 1. The zero-order valence-electron chi connectivity index (χ0n) is 15.1. The van der Waals surface area contributed by atoms with Crippen molar-refractivity contribution < 1.29 is 9.21 Å². The van der Waals surface area contributed by atoms with Crippen molar-refractivity contribution in [2.24, 2.45) is 11.0 Å². The predicted molar refractivity (Wildman–Crippen MR) is 97.0 cm³/mol. The molecule has 26 heavy (non-hydrogen) atoms. The third kappa shape index (κ3) is 4.16. The summed E-state index contributed by atoms with van der Waals surface area (Å²) in [6.45, 7) is 7.19. The fourth-order valence-corrected chi connectivity index (χ4v) is 2.61. The molecule has 0 aromatic carbocycles. The zero-order chi connectivity index (χ0) is 18.5. The Labute approximate surface area is 151 Å². The van der Waals surface area contributed by atoms with Crippen molar-refractivity contribution in [2.45, 2.75) is 33.2 Å². The summed E-state index contributed by atoms with van der Waals surface area (Å²) < 4.78 is 5.21. The van der Waals surface area contributed by atoms with Crippen LogP contribution in [0.1, 0.15) is 47.2 Å². The molecule has 1 amide bonds. The van der Waals surface area contributed by atoms with E-state index in [-0.39, 0.29) is 17.8 Å². The Bertz CT molecular complexity index is 789. The molecule has 3 heterocycles. The summed E-state index contributed by atoms with van der Waals surface area (Å²) in [6.07, 6.45) is 5.86. The first-order valence-electron chi connectivity index (χ1n) is 8.60. The van der Waals surface area contributed by atoms with E-state index < -0.39 is 0 Å². The Kier molecular flexibility index (Phi) is 5.45. The van der Waals surface area contributed by atoms with Crippen LogP contribution >= 0.6 is 0 Å². The van der Waals surface area contributed by atoms with E-state index >= 15 is 0 Å². The van der Waals surface area contributed by atoms with Gasteiger partial charge in [0.2, 0.25) is 11.7 Å². The van der Waals surface area contributed by atoms with Crippen molar-refractivity contribution in [3.8, 4) is 0 Å². The maximum Gasteiger partial charge on any atom is 0.289 e. The summed E-state index contributed by atoms with van der Waals surface area (Å²) >= 11 is 0. The first kappa shape index (κ1) is 17.8. The molecule has 0 saturated heterocycles. The summed E-state index contributed by atoms with van der Waals surface area (Å²) in [4.78, 5) is 25.2. The summed E-state index contributed by atoms with van der Waals surface area (Å²) in [7, 11) is 0. The van der Waals surface area contributed by atoms with Gasteiger partial charge >= 0.3 is 0 Å². The molecule has 2 aromatic heterocycles. The van der Waals surface area contributed by atoms with Gasteiger partial charge in [0.15, 0.2) is 0 Å². The molecule has 0 spiro atoms. The Morgan fingerprint density at radius 3 is 2.96 bits per heavy atom. The third-order valence-corrected chi connectivity index (χ3v) is 4.30. The highest BCUT2D eigenvalue weighted by Gasteiger charge is 2.19. The highest BCUT2D eigenvalue weighted by Crippen LogP contribution is 2.16. The number of anilines is 1. The lowest BCUT2D eigenvalue weighted by Gasteiger charge is -2.14. The normalized spacial score (nSPS) is 17.0. The number of hydrazone groups is 1. The van der Waals surface area contributed by atoms with Crippen LogP contribution in [0, 0.1) is 19.8 Å². The van der Waals surface area contributed by atoms with Crippen molar-refractivity contribution in [3.63, 3.8) is 0 Å². The summed E-state index contributed by atoms with van der Waals surface area (Å²) in [5, 5.41) is 10.1. The van der Waals surface area contributed by atoms with Gasteiger partial charge in [-0.1, -0.05) is 0 Å². The standard InChI is InChI=1S/C17H23N7O2/c1-10-11(2)22-15(16(25)23-12(3)17-19-6-7-26-17)24-14(10)18-5-4-13-8-20-21-9-13/h6-8,12-13,21H,4-5,9H2,1-3H3,(H,23,25)(H,18,22,24). The van der Waals surface area contributed by atoms with Crippen LogP contribution in [0.5, 0.6) is 0 Å².